The lowest BCUT2D eigenvalue weighted by atomic mass is 10.1. The normalized spacial score (nSPS) is 18.7. The van der Waals surface area contributed by atoms with Crippen LogP contribution in [0.15, 0.2) is 41.4 Å². The molecule has 0 spiro atoms. The van der Waals surface area contributed by atoms with E-state index in [0.29, 0.717) is 25.1 Å². The molecule has 0 unspecified atom stereocenters. The number of anilines is 1. The minimum atomic E-state index is -0.276. The largest absolute Gasteiger partial charge is 0.489 e. The van der Waals surface area contributed by atoms with E-state index in [0.717, 1.165) is 34.5 Å². The molecule has 26 heavy (non-hydrogen) atoms. The summed E-state index contributed by atoms with van der Waals surface area (Å²) >= 11 is 0. The van der Waals surface area contributed by atoms with Crippen molar-refractivity contribution in [2.24, 2.45) is 10.7 Å². The molecule has 7 heteroatoms. The number of hydrogen-bond acceptors (Lipinski definition) is 6. The van der Waals surface area contributed by atoms with E-state index < -0.39 is 0 Å². The number of aryl methyl sites for hydroxylation is 1. The maximum atomic E-state index is 6.01. The Morgan fingerprint density at radius 2 is 1.85 bits per heavy atom. The van der Waals surface area contributed by atoms with Gasteiger partial charge < -0.3 is 15.2 Å². The zero-order valence-electron chi connectivity index (χ0n) is 14.4. The highest BCUT2D eigenvalue weighted by molar-refractivity contribution is 5.95. The summed E-state index contributed by atoms with van der Waals surface area (Å²) in [7, 11) is 0. The van der Waals surface area contributed by atoms with Gasteiger partial charge in [-0.1, -0.05) is 29.8 Å². The Hall–Kier alpha value is -3.22. The van der Waals surface area contributed by atoms with Crippen molar-refractivity contribution in [1.82, 2.24) is 9.55 Å². The summed E-state index contributed by atoms with van der Waals surface area (Å²) in [4.78, 5) is 9.30. The Morgan fingerprint density at radius 1 is 1.12 bits per heavy atom. The number of ether oxygens (including phenoxy) is 2. The fourth-order valence-corrected chi connectivity index (χ4v) is 3.39. The van der Waals surface area contributed by atoms with Crippen molar-refractivity contribution in [2.75, 3.05) is 18.5 Å². The zero-order chi connectivity index (χ0) is 17.7. The van der Waals surface area contributed by atoms with Crippen LogP contribution in [0, 0.1) is 6.92 Å². The molecule has 1 aromatic heterocycles. The van der Waals surface area contributed by atoms with Crippen molar-refractivity contribution in [3.8, 4) is 11.5 Å². The molecule has 0 bridgehead atoms. The molecular weight excluding hydrogens is 330 g/mol. The summed E-state index contributed by atoms with van der Waals surface area (Å²) in [6.07, 6.45) is 0.591. The number of nitrogens with two attached hydrogens (primary N) is 1. The van der Waals surface area contributed by atoms with Crippen LogP contribution in [0.25, 0.3) is 11.0 Å². The van der Waals surface area contributed by atoms with Crippen LogP contribution in [-0.4, -0.2) is 28.7 Å². The molecule has 7 nitrogen and oxygen atoms in total. The van der Waals surface area contributed by atoms with Gasteiger partial charge in [-0.15, -0.1) is 0 Å². The first-order valence-electron chi connectivity index (χ1n) is 8.67. The van der Waals surface area contributed by atoms with Gasteiger partial charge >= 0.3 is 0 Å². The Labute approximate surface area is 150 Å². The molecule has 3 heterocycles. The predicted molar refractivity (Wildman–Crippen MR) is 99.9 cm³/mol. The molecular formula is C19H19N5O2. The smallest absolute Gasteiger partial charge is 0.212 e. The SMILES string of the molecule is Cc1ccc([C@H]2N=C(N)Nc3nc4cc5c(cc4n32)OCCCO5)cc1. The second-order valence-electron chi connectivity index (χ2n) is 6.57. The molecule has 5 rings (SSSR count). The first kappa shape index (κ1) is 15.1. The van der Waals surface area contributed by atoms with Crippen molar-refractivity contribution in [3.05, 3.63) is 47.5 Å². The maximum absolute atomic E-state index is 6.01. The van der Waals surface area contributed by atoms with E-state index in [9.17, 15) is 0 Å². The van der Waals surface area contributed by atoms with E-state index >= 15 is 0 Å². The molecule has 2 aromatic carbocycles. The molecule has 2 aliphatic rings. The van der Waals surface area contributed by atoms with Crippen LogP contribution in [0.4, 0.5) is 5.95 Å². The lowest BCUT2D eigenvalue weighted by Gasteiger charge is -2.24. The fraction of sp³-hybridized carbons (Fsp3) is 0.263. The maximum Gasteiger partial charge on any atom is 0.212 e. The molecule has 0 radical (unpaired) electrons. The molecule has 132 valence electrons. The minimum absolute atomic E-state index is 0.276. The van der Waals surface area contributed by atoms with E-state index in [2.05, 4.69) is 41.5 Å². The van der Waals surface area contributed by atoms with Crippen molar-refractivity contribution < 1.29 is 9.47 Å². The number of fused-ring (bicyclic) bond motifs is 4. The highest BCUT2D eigenvalue weighted by Gasteiger charge is 2.26. The molecule has 1 atom stereocenters. The van der Waals surface area contributed by atoms with Crippen LogP contribution < -0.4 is 20.5 Å². The van der Waals surface area contributed by atoms with Crippen LogP contribution in [0.5, 0.6) is 11.5 Å². The standard InChI is InChI=1S/C19H19N5O2/c1-11-3-5-12(6-4-11)17-22-18(20)23-19-21-13-9-15-16(10-14(13)24(17)19)26-8-2-7-25-15/h3-6,9-10,17H,2,7-8H2,1H3,(H3,20,21,22,23)/t17-/m0/s1. The van der Waals surface area contributed by atoms with Crippen LogP contribution in [0.2, 0.25) is 0 Å². The van der Waals surface area contributed by atoms with Crippen LogP contribution in [-0.2, 0) is 0 Å². The van der Waals surface area contributed by atoms with Crippen LogP contribution in [0.3, 0.4) is 0 Å². The second kappa shape index (κ2) is 5.66. The van der Waals surface area contributed by atoms with Crippen LogP contribution in [0.1, 0.15) is 23.7 Å². The number of guanidine groups is 1. The van der Waals surface area contributed by atoms with E-state index in [1.165, 1.54) is 5.56 Å². The summed E-state index contributed by atoms with van der Waals surface area (Å²) in [5.74, 6) is 2.49. The number of benzene rings is 2. The average Bonchev–Trinajstić information content (AvgIpc) is 2.81. The van der Waals surface area contributed by atoms with Crippen molar-refractivity contribution in [1.29, 1.82) is 0 Å². The van der Waals surface area contributed by atoms with Crippen molar-refractivity contribution in [3.63, 3.8) is 0 Å². The summed E-state index contributed by atoms with van der Waals surface area (Å²) in [6, 6.07) is 12.2. The van der Waals surface area contributed by atoms with E-state index in [1.54, 1.807) is 0 Å². The number of aromatic nitrogens is 2. The monoisotopic (exact) mass is 349 g/mol. The van der Waals surface area contributed by atoms with Crippen molar-refractivity contribution >= 4 is 22.9 Å². The number of nitrogens with one attached hydrogen (secondary N) is 1. The highest BCUT2D eigenvalue weighted by atomic mass is 16.5. The third-order valence-corrected chi connectivity index (χ3v) is 4.68. The Morgan fingerprint density at radius 3 is 2.62 bits per heavy atom. The Bertz CT molecular complexity index is 1020. The van der Waals surface area contributed by atoms with Gasteiger partial charge in [-0.05, 0) is 12.5 Å². The predicted octanol–water partition coefficient (Wildman–Crippen LogP) is 2.79. The molecule has 0 saturated carbocycles. The number of rotatable bonds is 1. The lowest BCUT2D eigenvalue weighted by Crippen LogP contribution is -2.31. The van der Waals surface area contributed by atoms with Gasteiger partial charge in [0.1, 0.15) is 0 Å². The van der Waals surface area contributed by atoms with Gasteiger partial charge in [-0.2, -0.15) is 0 Å². The number of imidazole rings is 1. The van der Waals surface area contributed by atoms with Gasteiger partial charge in [0, 0.05) is 18.6 Å². The number of nitrogens with zero attached hydrogens (tertiary/aromatic N) is 3. The zero-order valence-corrected chi connectivity index (χ0v) is 14.4. The first-order chi connectivity index (χ1) is 12.7. The summed E-state index contributed by atoms with van der Waals surface area (Å²) < 4.78 is 13.7. The fourth-order valence-electron chi connectivity index (χ4n) is 3.39. The molecule has 0 fully saturated rings. The molecule has 2 aliphatic heterocycles. The second-order valence-corrected chi connectivity index (χ2v) is 6.57. The van der Waals surface area contributed by atoms with E-state index in [-0.39, 0.29) is 6.17 Å². The molecule has 0 aliphatic carbocycles. The van der Waals surface area contributed by atoms with Crippen LogP contribution >= 0.6 is 0 Å². The molecule has 0 amide bonds. The summed E-state index contributed by atoms with van der Waals surface area (Å²) in [6.45, 7) is 3.35. The minimum Gasteiger partial charge on any atom is -0.489 e. The number of aliphatic imine (C=N–C) groups is 1. The first-order valence-corrected chi connectivity index (χ1v) is 8.67. The van der Waals surface area contributed by atoms with Gasteiger partial charge in [0.05, 0.1) is 24.2 Å². The third kappa shape index (κ3) is 2.35. The van der Waals surface area contributed by atoms with E-state index in [4.69, 9.17) is 20.2 Å². The summed E-state index contributed by atoms with van der Waals surface area (Å²) in [5, 5.41) is 3.06. The Balaban J connectivity index is 1.70. The van der Waals surface area contributed by atoms with Crippen molar-refractivity contribution in [2.45, 2.75) is 19.5 Å². The average molecular weight is 349 g/mol. The summed E-state index contributed by atoms with van der Waals surface area (Å²) in [5.41, 5.74) is 10.0. The van der Waals surface area contributed by atoms with Gasteiger partial charge in [-0.25, -0.2) is 9.98 Å². The molecule has 3 N–H and O–H groups in total. The number of hydrogen-bond donors (Lipinski definition) is 2. The van der Waals surface area contributed by atoms with Gasteiger partial charge in [0.2, 0.25) is 5.95 Å². The topological polar surface area (TPSA) is 86.7 Å². The molecule has 3 aromatic rings. The Kier molecular flexibility index (Phi) is 3.28. The van der Waals surface area contributed by atoms with Gasteiger partial charge in [-0.3, -0.25) is 9.88 Å². The van der Waals surface area contributed by atoms with Gasteiger partial charge in [0.25, 0.3) is 0 Å². The lowest BCUT2D eigenvalue weighted by molar-refractivity contribution is 0.297. The van der Waals surface area contributed by atoms with E-state index in [1.807, 2.05) is 16.7 Å². The third-order valence-electron chi connectivity index (χ3n) is 4.68. The quantitative estimate of drug-likeness (QED) is 0.705. The molecule has 0 saturated heterocycles. The highest BCUT2D eigenvalue weighted by Crippen LogP contribution is 2.38. The van der Waals surface area contributed by atoms with Gasteiger partial charge in [0.15, 0.2) is 23.6 Å².